The number of nitrogens with one attached hydrogen (secondary N) is 1. The fourth-order valence-corrected chi connectivity index (χ4v) is 6.89. The summed E-state index contributed by atoms with van der Waals surface area (Å²) in [5, 5.41) is 13.2. The molecule has 0 saturated heterocycles. The molecule has 4 aromatic rings. The van der Waals surface area contributed by atoms with Crippen LogP contribution < -0.4 is 10.2 Å². The maximum absolute atomic E-state index is 12.3. The summed E-state index contributed by atoms with van der Waals surface area (Å²) < 4.78 is 2.35. The summed E-state index contributed by atoms with van der Waals surface area (Å²) in [4.78, 5) is 20.0. The van der Waals surface area contributed by atoms with Crippen LogP contribution in [0.4, 0.5) is 5.69 Å². The van der Waals surface area contributed by atoms with Crippen molar-refractivity contribution in [3.63, 3.8) is 0 Å². The van der Waals surface area contributed by atoms with Crippen molar-refractivity contribution in [1.82, 2.24) is 14.9 Å². The van der Waals surface area contributed by atoms with Crippen molar-refractivity contribution in [1.29, 1.82) is 0 Å². The number of Topliss-reactive ketones (excluding diaryl/α,β-unsaturated/α-hetero) is 1. The number of imidazole rings is 1. The average Bonchev–Trinajstić information content (AvgIpc) is 3.44. The van der Waals surface area contributed by atoms with E-state index in [1.807, 2.05) is 12.1 Å². The Morgan fingerprint density at radius 3 is 2.29 bits per heavy atom. The number of aliphatic hydroxyl groups excluding tert-OH is 1. The minimum atomic E-state index is -0.00476. The van der Waals surface area contributed by atoms with Gasteiger partial charge < -0.3 is 19.9 Å². The lowest BCUT2D eigenvalue weighted by Crippen LogP contribution is -2.29. The number of hydrogen-bond donors (Lipinski definition) is 2. The molecule has 1 fully saturated rings. The SMILES string of the molecule is CCCN(CCC)c1ccc(-c2nc3cc(C(CC(C)=O)NCC4CCCCC4)ccc3n2CCc2ccc(CO)cc2)cc1. The monoisotopic (exact) mass is 608 g/mol. The minimum Gasteiger partial charge on any atom is -0.392 e. The summed E-state index contributed by atoms with van der Waals surface area (Å²) in [5.74, 6) is 1.87. The van der Waals surface area contributed by atoms with Gasteiger partial charge in [0.05, 0.1) is 17.6 Å². The number of carbonyl (C=O) groups excluding carboxylic acids is 1. The third kappa shape index (κ3) is 8.62. The quantitative estimate of drug-likeness (QED) is 0.134. The van der Waals surface area contributed by atoms with E-state index in [1.54, 1.807) is 6.92 Å². The van der Waals surface area contributed by atoms with Crippen molar-refractivity contribution in [3.05, 3.63) is 83.4 Å². The topological polar surface area (TPSA) is 70.4 Å². The fraction of sp³-hybridized carbons (Fsp3) is 0.487. The van der Waals surface area contributed by atoms with Gasteiger partial charge in [0.2, 0.25) is 0 Å². The van der Waals surface area contributed by atoms with Crippen LogP contribution in [0.3, 0.4) is 0 Å². The third-order valence-corrected chi connectivity index (χ3v) is 9.35. The molecule has 0 amide bonds. The maximum Gasteiger partial charge on any atom is 0.141 e. The van der Waals surface area contributed by atoms with Gasteiger partial charge in [0.15, 0.2) is 0 Å². The van der Waals surface area contributed by atoms with E-state index in [4.69, 9.17) is 4.98 Å². The van der Waals surface area contributed by atoms with Gasteiger partial charge in [-0.25, -0.2) is 4.98 Å². The lowest BCUT2D eigenvalue weighted by Gasteiger charge is -2.25. The van der Waals surface area contributed by atoms with Crippen LogP contribution in [0.15, 0.2) is 66.7 Å². The highest BCUT2D eigenvalue weighted by Gasteiger charge is 2.20. The van der Waals surface area contributed by atoms with Crippen LogP contribution in [0, 0.1) is 5.92 Å². The van der Waals surface area contributed by atoms with Gasteiger partial charge in [-0.3, -0.25) is 4.79 Å². The zero-order valence-electron chi connectivity index (χ0n) is 27.6. The molecule has 240 valence electrons. The average molecular weight is 609 g/mol. The summed E-state index contributed by atoms with van der Waals surface area (Å²) in [6, 6.07) is 23.7. The molecule has 1 atom stereocenters. The van der Waals surface area contributed by atoms with Gasteiger partial charge in [-0.05, 0) is 105 Å². The van der Waals surface area contributed by atoms with Crippen molar-refractivity contribution in [3.8, 4) is 11.4 Å². The zero-order chi connectivity index (χ0) is 31.6. The first-order valence-electron chi connectivity index (χ1n) is 17.3. The summed E-state index contributed by atoms with van der Waals surface area (Å²) in [6.07, 6.45) is 10.1. The molecule has 0 bridgehead atoms. The lowest BCUT2D eigenvalue weighted by molar-refractivity contribution is -0.117. The van der Waals surface area contributed by atoms with Crippen molar-refractivity contribution in [2.75, 3.05) is 24.5 Å². The predicted octanol–water partition coefficient (Wildman–Crippen LogP) is 8.25. The highest BCUT2D eigenvalue weighted by atomic mass is 16.3. The van der Waals surface area contributed by atoms with E-state index < -0.39 is 0 Å². The Balaban J connectivity index is 1.47. The van der Waals surface area contributed by atoms with E-state index in [0.717, 1.165) is 79.0 Å². The predicted molar refractivity (Wildman–Crippen MR) is 187 cm³/mol. The van der Waals surface area contributed by atoms with Crippen LogP contribution in [-0.2, 0) is 24.4 Å². The Hall–Kier alpha value is -3.48. The van der Waals surface area contributed by atoms with E-state index in [1.165, 1.54) is 43.4 Å². The summed E-state index contributed by atoms with van der Waals surface area (Å²) in [6.45, 7) is 10.1. The third-order valence-electron chi connectivity index (χ3n) is 9.35. The summed E-state index contributed by atoms with van der Waals surface area (Å²) in [7, 11) is 0. The van der Waals surface area contributed by atoms with Gasteiger partial charge in [-0.1, -0.05) is 63.4 Å². The van der Waals surface area contributed by atoms with Crippen LogP contribution in [0.25, 0.3) is 22.4 Å². The largest absolute Gasteiger partial charge is 0.392 e. The molecule has 0 aliphatic heterocycles. The number of aryl methyl sites for hydroxylation is 2. The first-order valence-corrected chi connectivity index (χ1v) is 17.3. The maximum atomic E-state index is 12.3. The molecule has 1 aromatic heterocycles. The number of benzene rings is 3. The second kappa shape index (κ2) is 16.2. The number of hydrogen-bond acceptors (Lipinski definition) is 5. The van der Waals surface area contributed by atoms with Gasteiger partial charge in [0.25, 0.3) is 0 Å². The highest BCUT2D eigenvalue weighted by molar-refractivity contribution is 5.82. The lowest BCUT2D eigenvalue weighted by atomic mass is 9.89. The Morgan fingerprint density at radius 2 is 1.64 bits per heavy atom. The van der Waals surface area contributed by atoms with Crippen molar-refractivity contribution in [2.24, 2.45) is 5.92 Å². The molecule has 0 radical (unpaired) electrons. The molecule has 1 aliphatic carbocycles. The zero-order valence-corrected chi connectivity index (χ0v) is 27.6. The number of rotatable bonds is 16. The van der Waals surface area contributed by atoms with E-state index in [-0.39, 0.29) is 18.4 Å². The second-order valence-electron chi connectivity index (χ2n) is 13.0. The fourth-order valence-electron chi connectivity index (χ4n) is 6.89. The molecule has 1 unspecified atom stereocenters. The first kappa shape index (κ1) is 32.9. The van der Waals surface area contributed by atoms with Crippen molar-refractivity contribution in [2.45, 2.75) is 97.8 Å². The number of carbonyl (C=O) groups is 1. The van der Waals surface area contributed by atoms with E-state index in [2.05, 4.69) is 83.2 Å². The standard InChI is InChI=1S/C39H52N4O2/c1-4-22-42(23-5-2)35-18-15-33(16-19-35)39-41-37-26-34(36(25-29(3)45)40-27-31-9-7-6-8-10-31)17-20-38(37)43(39)24-21-30-11-13-32(28-44)14-12-30/h11-20,26,31,36,40,44H,4-10,21-25,27-28H2,1-3H3. The van der Waals surface area contributed by atoms with E-state index in [0.29, 0.717) is 12.3 Å². The molecule has 0 spiro atoms. The Labute approximate surface area is 269 Å². The molecule has 1 aliphatic rings. The molecule has 5 rings (SSSR count). The van der Waals surface area contributed by atoms with E-state index >= 15 is 0 Å². The second-order valence-corrected chi connectivity index (χ2v) is 13.0. The molecule has 1 heterocycles. The van der Waals surface area contributed by atoms with Crippen LogP contribution >= 0.6 is 0 Å². The van der Waals surface area contributed by atoms with Crippen LogP contribution in [-0.4, -0.2) is 40.1 Å². The van der Waals surface area contributed by atoms with Crippen LogP contribution in [0.2, 0.25) is 0 Å². The van der Waals surface area contributed by atoms with Crippen molar-refractivity contribution >= 4 is 22.5 Å². The molecular weight excluding hydrogens is 556 g/mol. The molecular formula is C39H52N4O2. The number of anilines is 1. The van der Waals surface area contributed by atoms with Gasteiger partial charge in [0, 0.05) is 43.3 Å². The van der Waals surface area contributed by atoms with Crippen molar-refractivity contribution < 1.29 is 9.90 Å². The normalized spacial score (nSPS) is 14.6. The van der Waals surface area contributed by atoms with Crippen LogP contribution in [0.5, 0.6) is 0 Å². The molecule has 3 aromatic carbocycles. The Kier molecular flexibility index (Phi) is 11.8. The Morgan fingerprint density at radius 1 is 0.956 bits per heavy atom. The molecule has 45 heavy (non-hydrogen) atoms. The molecule has 6 nitrogen and oxygen atoms in total. The van der Waals surface area contributed by atoms with Gasteiger partial charge in [0.1, 0.15) is 11.6 Å². The summed E-state index contributed by atoms with van der Waals surface area (Å²) >= 11 is 0. The smallest absolute Gasteiger partial charge is 0.141 e. The number of aliphatic hydroxyl groups is 1. The highest BCUT2D eigenvalue weighted by Crippen LogP contribution is 2.31. The van der Waals surface area contributed by atoms with Gasteiger partial charge in [-0.15, -0.1) is 0 Å². The molecule has 1 saturated carbocycles. The first-order chi connectivity index (χ1) is 22.0. The number of aromatic nitrogens is 2. The van der Waals surface area contributed by atoms with Crippen LogP contribution in [0.1, 0.15) is 94.9 Å². The number of fused-ring (bicyclic) bond motifs is 1. The van der Waals surface area contributed by atoms with Gasteiger partial charge >= 0.3 is 0 Å². The number of nitrogens with zero attached hydrogens (tertiary/aromatic N) is 3. The Bertz CT molecular complexity index is 1500. The molecule has 6 heteroatoms. The summed E-state index contributed by atoms with van der Waals surface area (Å²) in [5.41, 5.74) is 7.73. The van der Waals surface area contributed by atoms with Gasteiger partial charge in [-0.2, -0.15) is 0 Å². The number of ketones is 1. The minimum absolute atomic E-state index is 0.00476. The van der Waals surface area contributed by atoms with E-state index in [9.17, 15) is 9.90 Å². The molecule has 2 N–H and O–H groups in total.